The quantitative estimate of drug-likeness (QED) is 0.600. The molecule has 3 fully saturated rings. The Morgan fingerprint density at radius 2 is 2.12 bits per heavy atom. The van der Waals surface area contributed by atoms with E-state index in [4.69, 9.17) is 13.9 Å². The second kappa shape index (κ2) is 5.87. The second-order valence-electron chi connectivity index (χ2n) is 8.94. The van der Waals surface area contributed by atoms with Crippen LogP contribution in [-0.2, 0) is 20.7 Å². The molecule has 0 amide bonds. The molecular formula is C21H30O4. The molecule has 0 radical (unpaired) electrons. The highest BCUT2D eigenvalue weighted by Crippen LogP contribution is 2.66. The van der Waals surface area contributed by atoms with Gasteiger partial charge in [-0.15, -0.1) is 0 Å². The van der Waals surface area contributed by atoms with Gasteiger partial charge in [-0.3, -0.25) is 4.79 Å². The molecule has 4 nitrogen and oxygen atoms in total. The Bertz CT molecular complexity index is 632. The number of rotatable bonds is 4. The average Bonchev–Trinajstić information content (AvgIpc) is 3.16. The van der Waals surface area contributed by atoms with Crippen molar-refractivity contribution < 1.29 is 18.7 Å². The van der Waals surface area contributed by atoms with E-state index in [1.54, 1.807) is 6.26 Å². The second-order valence-corrected chi connectivity index (χ2v) is 8.94. The Kier molecular flexibility index (Phi) is 4.02. The van der Waals surface area contributed by atoms with Gasteiger partial charge in [-0.1, -0.05) is 13.3 Å². The van der Waals surface area contributed by atoms with Crippen molar-refractivity contribution >= 4 is 5.97 Å². The molecule has 2 heterocycles. The molecule has 3 aliphatic rings. The van der Waals surface area contributed by atoms with Crippen molar-refractivity contribution in [3.63, 3.8) is 0 Å². The van der Waals surface area contributed by atoms with Gasteiger partial charge in [0, 0.05) is 0 Å². The van der Waals surface area contributed by atoms with E-state index < -0.39 is 0 Å². The van der Waals surface area contributed by atoms with Crippen molar-refractivity contribution in [3.05, 3.63) is 24.2 Å². The lowest BCUT2D eigenvalue weighted by molar-refractivity contribution is -0.174. The number of carbonyl (C=O) groups excluding carboxylic acids is 1. The van der Waals surface area contributed by atoms with Crippen LogP contribution < -0.4 is 0 Å². The Morgan fingerprint density at radius 1 is 1.32 bits per heavy atom. The van der Waals surface area contributed by atoms with E-state index in [1.807, 2.05) is 6.26 Å². The van der Waals surface area contributed by atoms with Crippen LogP contribution in [0.25, 0.3) is 0 Å². The molecule has 138 valence electrons. The molecule has 0 bridgehead atoms. The number of fused-ring (bicyclic) bond motifs is 1. The number of ether oxygens (including phenoxy) is 2. The summed E-state index contributed by atoms with van der Waals surface area (Å²) in [4.78, 5) is 12.6. The van der Waals surface area contributed by atoms with Crippen LogP contribution in [0.3, 0.4) is 0 Å². The molecule has 2 saturated carbocycles. The average molecular weight is 346 g/mol. The highest BCUT2D eigenvalue weighted by Gasteiger charge is 2.66. The fourth-order valence-electron chi connectivity index (χ4n) is 6.40. The first-order valence-corrected chi connectivity index (χ1v) is 9.68. The zero-order valence-corrected chi connectivity index (χ0v) is 15.7. The summed E-state index contributed by atoms with van der Waals surface area (Å²) in [6.45, 7) is 5.45. The standard InChI is InChI=1S/C21H30O4/c1-19-9-4-10-20(2,18(22)23-3)16(19)7-11-21(14-25-21)17(19)6-5-15-8-12-24-13-15/h8,12-13,16-17H,4-7,9-11,14H2,1-3H3/t16-,17-,19+,20-,21+/m0/s1. The number of hydrogen-bond acceptors (Lipinski definition) is 4. The Hall–Kier alpha value is -1.29. The first-order valence-electron chi connectivity index (χ1n) is 9.68. The lowest BCUT2D eigenvalue weighted by atomic mass is 9.45. The van der Waals surface area contributed by atoms with Crippen molar-refractivity contribution in [2.75, 3.05) is 13.7 Å². The molecule has 0 N–H and O–H groups in total. The third kappa shape index (κ3) is 2.56. The molecule has 5 atom stereocenters. The Labute approximate surface area is 150 Å². The molecule has 0 unspecified atom stereocenters. The minimum absolute atomic E-state index is 0.0234. The molecule has 1 aliphatic heterocycles. The molecule has 2 aliphatic carbocycles. The lowest BCUT2D eigenvalue weighted by Crippen LogP contribution is -2.57. The molecule has 1 aromatic heterocycles. The monoisotopic (exact) mass is 346 g/mol. The number of epoxide rings is 1. The van der Waals surface area contributed by atoms with Crippen LogP contribution in [-0.4, -0.2) is 25.3 Å². The van der Waals surface area contributed by atoms with Gasteiger partial charge in [0.15, 0.2) is 0 Å². The van der Waals surface area contributed by atoms with Crippen molar-refractivity contribution in [1.82, 2.24) is 0 Å². The van der Waals surface area contributed by atoms with E-state index in [0.717, 1.165) is 45.1 Å². The molecule has 4 heteroatoms. The largest absolute Gasteiger partial charge is 0.472 e. The van der Waals surface area contributed by atoms with Crippen LogP contribution >= 0.6 is 0 Å². The highest BCUT2D eigenvalue weighted by atomic mass is 16.6. The summed E-state index contributed by atoms with van der Waals surface area (Å²) < 4.78 is 16.5. The van der Waals surface area contributed by atoms with Gasteiger partial charge in [0.05, 0.1) is 37.3 Å². The molecule has 0 aromatic carbocycles. The van der Waals surface area contributed by atoms with Crippen LogP contribution in [0.15, 0.2) is 23.0 Å². The van der Waals surface area contributed by atoms with Gasteiger partial charge in [-0.2, -0.15) is 0 Å². The summed E-state index contributed by atoms with van der Waals surface area (Å²) in [6.07, 6.45) is 11.1. The maximum Gasteiger partial charge on any atom is 0.311 e. The third-order valence-corrected chi connectivity index (χ3v) is 7.73. The van der Waals surface area contributed by atoms with Gasteiger partial charge in [0.25, 0.3) is 0 Å². The number of methoxy groups -OCH3 is 1. The zero-order chi connectivity index (χ0) is 17.7. The predicted octanol–water partition coefficient (Wildman–Crippen LogP) is 4.38. The van der Waals surface area contributed by atoms with Crippen molar-refractivity contribution in [3.8, 4) is 0 Å². The first kappa shape index (κ1) is 17.1. The van der Waals surface area contributed by atoms with Gasteiger partial charge in [0.1, 0.15) is 0 Å². The number of esters is 1. The van der Waals surface area contributed by atoms with Crippen LogP contribution in [0.4, 0.5) is 0 Å². The Balaban J connectivity index is 1.63. The summed E-state index contributed by atoms with van der Waals surface area (Å²) in [5.74, 6) is 0.855. The summed E-state index contributed by atoms with van der Waals surface area (Å²) in [5, 5.41) is 0. The van der Waals surface area contributed by atoms with E-state index in [1.165, 1.54) is 19.1 Å². The van der Waals surface area contributed by atoms with Crippen molar-refractivity contribution in [1.29, 1.82) is 0 Å². The van der Waals surface area contributed by atoms with Gasteiger partial charge in [-0.25, -0.2) is 0 Å². The van der Waals surface area contributed by atoms with E-state index >= 15 is 0 Å². The first-order chi connectivity index (χ1) is 11.9. The smallest absolute Gasteiger partial charge is 0.311 e. The zero-order valence-electron chi connectivity index (χ0n) is 15.7. The molecule has 1 saturated heterocycles. The summed E-state index contributed by atoms with van der Waals surface area (Å²) in [5.41, 5.74) is 1.10. The van der Waals surface area contributed by atoms with Gasteiger partial charge < -0.3 is 13.9 Å². The number of furan rings is 1. The van der Waals surface area contributed by atoms with E-state index in [2.05, 4.69) is 19.9 Å². The topological polar surface area (TPSA) is 52.0 Å². The molecule has 1 spiro atoms. The van der Waals surface area contributed by atoms with Gasteiger partial charge in [0.2, 0.25) is 0 Å². The Morgan fingerprint density at radius 3 is 2.76 bits per heavy atom. The van der Waals surface area contributed by atoms with Crippen molar-refractivity contribution in [2.24, 2.45) is 22.7 Å². The summed E-state index contributed by atoms with van der Waals surface area (Å²) >= 11 is 0. The molecule has 25 heavy (non-hydrogen) atoms. The normalized spacial score (nSPS) is 42.8. The number of aryl methyl sites for hydroxylation is 1. The highest BCUT2D eigenvalue weighted by molar-refractivity contribution is 5.77. The lowest BCUT2D eigenvalue weighted by Gasteiger charge is -2.58. The molecule has 4 rings (SSSR count). The fraction of sp³-hybridized carbons (Fsp3) is 0.762. The third-order valence-electron chi connectivity index (χ3n) is 7.73. The maximum atomic E-state index is 12.6. The van der Waals surface area contributed by atoms with E-state index in [9.17, 15) is 4.79 Å². The predicted molar refractivity (Wildman–Crippen MR) is 94.0 cm³/mol. The van der Waals surface area contributed by atoms with Crippen LogP contribution in [0.2, 0.25) is 0 Å². The van der Waals surface area contributed by atoms with Crippen LogP contribution in [0.1, 0.15) is 57.9 Å². The van der Waals surface area contributed by atoms with E-state index in [0.29, 0.717) is 11.8 Å². The van der Waals surface area contributed by atoms with E-state index in [-0.39, 0.29) is 22.4 Å². The minimum atomic E-state index is -0.355. The number of hydrogen-bond donors (Lipinski definition) is 0. The van der Waals surface area contributed by atoms with Crippen LogP contribution in [0.5, 0.6) is 0 Å². The van der Waals surface area contributed by atoms with Crippen LogP contribution in [0, 0.1) is 22.7 Å². The van der Waals surface area contributed by atoms with Gasteiger partial charge in [-0.05, 0) is 74.3 Å². The SMILES string of the molecule is COC(=O)[C@@]1(C)CCC[C@@]2(C)[C@H](CCc3ccoc3)[C@@]3(CC[C@@H]21)CO3. The fourth-order valence-corrected chi connectivity index (χ4v) is 6.40. The van der Waals surface area contributed by atoms with Gasteiger partial charge >= 0.3 is 5.97 Å². The van der Waals surface area contributed by atoms with Crippen molar-refractivity contribution in [2.45, 2.75) is 64.4 Å². The molecule has 1 aromatic rings. The molecular weight excluding hydrogens is 316 g/mol. The number of carbonyl (C=O) groups is 1. The minimum Gasteiger partial charge on any atom is -0.472 e. The summed E-state index contributed by atoms with van der Waals surface area (Å²) in [6, 6.07) is 2.06. The summed E-state index contributed by atoms with van der Waals surface area (Å²) in [7, 11) is 1.53. The maximum absolute atomic E-state index is 12.6.